The molecule has 3 heteroatoms. The Kier molecular flexibility index (Phi) is 4.14. The van der Waals surface area contributed by atoms with Crippen molar-refractivity contribution in [3.63, 3.8) is 0 Å². The summed E-state index contributed by atoms with van der Waals surface area (Å²) in [5.74, 6) is 1.30. The lowest BCUT2D eigenvalue weighted by Gasteiger charge is -2.18. The number of hydrogen-bond donors (Lipinski definition) is 1. The molecule has 0 aliphatic rings. The molecule has 1 heterocycles. The smallest absolute Gasteiger partial charge is 0.0492 e. The summed E-state index contributed by atoms with van der Waals surface area (Å²) >= 11 is 0. The fraction of sp³-hybridized carbons (Fsp3) is 0.727. The predicted molar refractivity (Wildman–Crippen MR) is 59.3 cm³/mol. The first-order valence-electron chi connectivity index (χ1n) is 5.27. The van der Waals surface area contributed by atoms with Crippen LogP contribution in [-0.4, -0.2) is 23.4 Å². The average molecular weight is 195 g/mol. The first-order chi connectivity index (χ1) is 6.65. The highest BCUT2D eigenvalue weighted by atomic mass is 15.3. The summed E-state index contributed by atoms with van der Waals surface area (Å²) in [5.41, 5.74) is 1.33. The fourth-order valence-electron chi connectivity index (χ4n) is 1.91. The van der Waals surface area contributed by atoms with Crippen molar-refractivity contribution in [2.75, 3.05) is 13.6 Å². The van der Waals surface area contributed by atoms with E-state index < -0.39 is 0 Å². The molecule has 0 bridgehead atoms. The van der Waals surface area contributed by atoms with Crippen molar-refractivity contribution in [3.8, 4) is 0 Å². The molecule has 1 aromatic rings. The van der Waals surface area contributed by atoms with Gasteiger partial charge < -0.3 is 5.32 Å². The molecule has 1 aromatic heterocycles. The molecule has 1 N–H and O–H groups in total. The average Bonchev–Trinajstić information content (AvgIpc) is 2.50. The van der Waals surface area contributed by atoms with E-state index in [0.29, 0.717) is 5.92 Å². The number of aromatic nitrogens is 2. The number of likely N-dealkylation sites (N-methyl/N-ethyl adjacent to an activating group) is 1. The molecule has 0 radical (unpaired) electrons. The lowest BCUT2D eigenvalue weighted by molar-refractivity contribution is 0.461. The monoisotopic (exact) mass is 195 g/mol. The molecule has 0 fully saturated rings. The number of hydrogen-bond acceptors (Lipinski definition) is 2. The van der Waals surface area contributed by atoms with Crippen LogP contribution in [0.5, 0.6) is 0 Å². The minimum Gasteiger partial charge on any atom is -0.319 e. The van der Waals surface area contributed by atoms with Crippen LogP contribution in [0.15, 0.2) is 12.3 Å². The van der Waals surface area contributed by atoms with Crippen LogP contribution in [0.25, 0.3) is 0 Å². The maximum atomic E-state index is 4.22. The molecule has 1 atom stereocenters. The van der Waals surface area contributed by atoms with Crippen LogP contribution < -0.4 is 5.32 Å². The number of aryl methyl sites for hydroxylation is 1. The van der Waals surface area contributed by atoms with Gasteiger partial charge in [-0.25, -0.2) is 0 Å². The minimum absolute atomic E-state index is 0.576. The lowest BCUT2D eigenvalue weighted by Crippen LogP contribution is -2.20. The van der Waals surface area contributed by atoms with Gasteiger partial charge in [-0.2, -0.15) is 5.10 Å². The third-order valence-electron chi connectivity index (χ3n) is 2.48. The first kappa shape index (κ1) is 11.2. The summed E-state index contributed by atoms with van der Waals surface area (Å²) in [4.78, 5) is 0. The Morgan fingerprint density at radius 3 is 2.64 bits per heavy atom. The highest BCUT2D eigenvalue weighted by molar-refractivity contribution is 5.08. The van der Waals surface area contributed by atoms with Crippen LogP contribution in [0.2, 0.25) is 0 Å². The number of nitrogens with zero attached hydrogens (tertiary/aromatic N) is 2. The van der Waals surface area contributed by atoms with E-state index in [4.69, 9.17) is 0 Å². The molecule has 0 amide bonds. The Bertz CT molecular complexity index is 265. The van der Waals surface area contributed by atoms with Gasteiger partial charge in [-0.3, -0.25) is 4.68 Å². The molecule has 0 saturated heterocycles. The third kappa shape index (κ3) is 2.84. The Hall–Kier alpha value is -0.830. The zero-order valence-corrected chi connectivity index (χ0v) is 9.62. The van der Waals surface area contributed by atoms with Gasteiger partial charge >= 0.3 is 0 Å². The van der Waals surface area contributed by atoms with Crippen molar-refractivity contribution in [1.82, 2.24) is 15.1 Å². The number of nitrogens with one attached hydrogen (secondary N) is 1. The second kappa shape index (κ2) is 5.15. The van der Waals surface area contributed by atoms with Gasteiger partial charge in [0.05, 0.1) is 0 Å². The van der Waals surface area contributed by atoms with E-state index in [9.17, 15) is 0 Å². The van der Waals surface area contributed by atoms with Crippen LogP contribution in [0.3, 0.4) is 0 Å². The molecule has 80 valence electrons. The van der Waals surface area contributed by atoms with E-state index in [2.05, 4.69) is 30.3 Å². The van der Waals surface area contributed by atoms with E-state index in [-0.39, 0.29) is 0 Å². The summed E-state index contributed by atoms with van der Waals surface area (Å²) in [6.45, 7) is 5.55. The highest BCUT2D eigenvalue weighted by Gasteiger charge is 2.15. The normalized spacial score (nSPS) is 13.5. The second-order valence-corrected chi connectivity index (χ2v) is 4.26. The molecular weight excluding hydrogens is 174 g/mol. The van der Waals surface area contributed by atoms with Gasteiger partial charge in [-0.1, -0.05) is 13.8 Å². The van der Waals surface area contributed by atoms with Gasteiger partial charge in [0, 0.05) is 31.4 Å². The molecule has 1 rings (SSSR count). The molecule has 0 aromatic carbocycles. The first-order valence-corrected chi connectivity index (χ1v) is 5.27. The standard InChI is InChI=1S/C11H21N3/c1-9(2)7-10(8-12-3)11-5-6-13-14(11)4/h5-6,9-10,12H,7-8H2,1-4H3. The zero-order valence-electron chi connectivity index (χ0n) is 9.62. The maximum absolute atomic E-state index is 4.22. The summed E-state index contributed by atoms with van der Waals surface area (Å²) in [6.07, 6.45) is 3.08. The van der Waals surface area contributed by atoms with E-state index in [1.54, 1.807) is 0 Å². The summed E-state index contributed by atoms with van der Waals surface area (Å²) in [7, 11) is 4.02. The van der Waals surface area contributed by atoms with Gasteiger partial charge in [0.25, 0.3) is 0 Å². The Morgan fingerprint density at radius 2 is 2.21 bits per heavy atom. The van der Waals surface area contributed by atoms with E-state index in [1.165, 1.54) is 12.1 Å². The molecule has 3 nitrogen and oxygen atoms in total. The maximum Gasteiger partial charge on any atom is 0.0492 e. The van der Waals surface area contributed by atoms with Crippen molar-refractivity contribution in [2.24, 2.45) is 13.0 Å². The Morgan fingerprint density at radius 1 is 1.50 bits per heavy atom. The van der Waals surface area contributed by atoms with Crippen molar-refractivity contribution >= 4 is 0 Å². The van der Waals surface area contributed by atoms with Gasteiger partial charge in [0.2, 0.25) is 0 Å². The van der Waals surface area contributed by atoms with E-state index in [1.807, 2.05) is 25.0 Å². The molecular formula is C11H21N3. The molecule has 14 heavy (non-hydrogen) atoms. The summed E-state index contributed by atoms with van der Waals surface area (Å²) in [6, 6.07) is 2.12. The van der Waals surface area contributed by atoms with E-state index in [0.717, 1.165) is 12.5 Å². The molecule has 1 unspecified atom stereocenters. The number of rotatable bonds is 5. The van der Waals surface area contributed by atoms with Gasteiger partial charge in [-0.15, -0.1) is 0 Å². The predicted octanol–water partition coefficient (Wildman–Crippen LogP) is 1.77. The minimum atomic E-state index is 0.576. The fourth-order valence-corrected chi connectivity index (χ4v) is 1.91. The largest absolute Gasteiger partial charge is 0.319 e. The van der Waals surface area contributed by atoms with Crippen molar-refractivity contribution < 1.29 is 0 Å². The van der Waals surface area contributed by atoms with Crippen LogP contribution >= 0.6 is 0 Å². The van der Waals surface area contributed by atoms with Gasteiger partial charge in [0.15, 0.2) is 0 Å². The van der Waals surface area contributed by atoms with E-state index >= 15 is 0 Å². The summed E-state index contributed by atoms with van der Waals surface area (Å²) < 4.78 is 1.98. The SMILES string of the molecule is CNCC(CC(C)C)c1ccnn1C. The van der Waals surface area contributed by atoms with Gasteiger partial charge in [0.1, 0.15) is 0 Å². The molecule has 0 saturated carbocycles. The third-order valence-corrected chi connectivity index (χ3v) is 2.48. The topological polar surface area (TPSA) is 29.9 Å². The lowest BCUT2D eigenvalue weighted by atomic mass is 9.94. The van der Waals surface area contributed by atoms with Crippen LogP contribution in [-0.2, 0) is 7.05 Å². The van der Waals surface area contributed by atoms with Crippen molar-refractivity contribution in [3.05, 3.63) is 18.0 Å². The Balaban J connectivity index is 2.72. The van der Waals surface area contributed by atoms with Gasteiger partial charge in [-0.05, 0) is 25.5 Å². The zero-order chi connectivity index (χ0) is 10.6. The van der Waals surface area contributed by atoms with Crippen molar-refractivity contribution in [1.29, 1.82) is 0 Å². The Labute approximate surface area is 86.5 Å². The summed E-state index contributed by atoms with van der Waals surface area (Å²) in [5, 5.41) is 7.46. The molecule has 0 aliphatic heterocycles. The van der Waals surface area contributed by atoms with Crippen molar-refractivity contribution in [2.45, 2.75) is 26.2 Å². The van der Waals surface area contributed by atoms with Crippen LogP contribution in [0, 0.1) is 5.92 Å². The quantitative estimate of drug-likeness (QED) is 0.776. The second-order valence-electron chi connectivity index (χ2n) is 4.26. The van der Waals surface area contributed by atoms with Crippen LogP contribution in [0.1, 0.15) is 31.9 Å². The molecule has 0 spiro atoms. The highest BCUT2D eigenvalue weighted by Crippen LogP contribution is 2.22. The van der Waals surface area contributed by atoms with Crippen LogP contribution in [0.4, 0.5) is 0 Å². The molecule has 0 aliphatic carbocycles.